The maximum atomic E-state index is 15.0. The molecule has 2 aromatic carbocycles. The normalized spacial score (nSPS) is 14.7. The average molecular weight is 666 g/mol. The van der Waals surface area contributed by atoms with Gasteiger partial charge in [-0.3, -0.25) is 24.6 Å². The number of aromatic nitrogens is 2. The highest BCUT2D eigenvalue weighted by molar-refractivity contribution is 5.92. The zero-order chi connectivity index (χ0) is 33.9. The molecule has 5 rings (SSSR count). The van der Waals surface area contributed by atoms with Crippen LogP contribution in [0.25, 0.3) is 22.2 Å². The highest BCUT2D eigenvalue weighted by Crippen LogP contribution is 2.36. The Balaban J connectivity index is 1.25. The summed E-state index contributed by atoms with van der Waals surface area (Å²) in [6, 6.07) is 9.91. The van der Waals surface area contributed by atoms with Gasteiger partial charge in [0.15, 0.2) is 11.5 Å². The van der Waals surface area contributed by atoms with Crippen LogP contribution in [0.4, 0.5) is 36.4 Å². The summed E-state index contributed by atoms with van der Waals surface area (Å²) >= 11 is 0. The molecular weight excluding hydrogens is 635 g/mol. The molecule has 1 saturated heterocycles. The number of halogens is 7. The number of nitrogens with one attached hydrogen (secondary N) is 1. The molecule has 15 heteroatoms. The number of rotatable bonds is 9. The van der Waals surface area contributed by atoms with Crippen molar-refractivity contribution in [2.75, 3.05) is 52.3 Å². The monoisotopic (exact) mass is 665 g/mol. The standard InChI is InChI=1S/C32H30F7N5O3/c1-46-28-12-20-10-21(16-41-26(20)14-29(28)47-2)25-4-3-19(15-40-25)9-30(45)42-27-13-23(32(37,38)39)22(11-24(27)33)17-43-5-7-44(8-6-43)18-31(34,35)36/h3-4,10-16H,5-9,17-18H2,1-2H3,(H,42,45). The summed E-state index contributed by atoms with van der Waals surface area (Å²) in [4.78, 5) is 24.3. The molecule has 1 amide bonds. The lowest BCUT2D eigenvalue weighted by molar-refractivity contribution is -0.149. The lowest BCUT2D eigenvalue weighted by Gasteiger charge is -2.35. The number of piperazine rings is 1. The molecule has 1 aliphatic rings. The second-order valence-corrected chi connectivity index (χ2v) is 11.1. The number of fused-ring (bicyclic) bond motifs is 1. The van der Waals surface area contributed by atoms with Crippen LogP contribution in [0.2, 0.25) is 0 Å². The number of anilines is 1. The highest BCUT2D eigenvalue weighted by atomic mass is 19.4. The van der Waals surface area contributed by atoms with E-state index < -0.39 is 41.9 Å². The van der Waals surface area contributed by atoms with Crippen LogP contribution < -0.4 is 14.8 Å². The van der Waals surface area contributed by atoms with Crippen molar-refractivity contribution in [3.8, 4) is 22.8 Å². The van der Waals surface area contributed by atoms with Crippen LogP contribution in [0.3, 0.4) is 0 Å². The van der Waals surface area contributed by atoms with Crippen molar-refractivity contribution in [3.63, 3.8) is 0 Å². The molecule has 0 atom stereocenters. The summed E-state index contributed by atoms with van der Waals surface area (Å²) in [5.74, 6) is -0.758. The maximum Gasteiger partial charge on any atom is 0.416 e. The van der Waals surface area contributed by atoms with Crippen molar-refractivity contribution in [1.82, 2.24) is 19.8 Å². The predicted octanol–water partition coefficient (Wildman–Crippen LogP) is 6.33. The Labute approximate surface area is 265 Å². The minimum atomic E-state index is -4.87. The fourth-order valence-corrected chi connectivity index (χ4v) is 5.38. The van der Waals surface area contributed by atoms with Gasteiger partial charge >= 0.3 is 12.4 Å². The Hall–Kier alpha value is -4.50. The third-order valence-corrected chi connectivity index (χ3v) is 7.71. The summed E-state index contributed by atoms with van der Waals surface area (Å²) in [6.45, 7) is -1.23. The van der Waals surface area contributed by atoms with Crippen molar-refractivity contribution in [2.24, 2.45) is 0 Å². The van der Waals surface area contributed by atoms with Crippen molar-refractivity contribution in [2.45, 2.75) is 25.3 Å². The quantitative estimate of drug-likeness (QED) is 0.209. The van der Waals surface area contributed by atoms with Gasteiger partial charge in [-0.2, -0.15) is 26.3 Å². The van der Waals surface area contributed by atoms with Gasteiger partial charge in [0.25, 0.3) is 0 Å². The Morgan fingerprint density at radius 3 is 2.17 bits per heavy atom. The molecule has 0 aliphatic carbocycles. The van der Waals surface area contributed by atoms with Gasteiger partial charge in [-0.25, -0.2) is 4.39 Å². The van der Waals surface area contributed by atoms with Crippen molar-refractivity contribution >= 4 is 22.5 Å². The number of hydrogen-bond donors (Lipinski definition) is 1. The van der Waals surface area contributed by atoms with Crippen LogP contribution in [0.15, 0.2) is 54.9 Å². The van der Waals surface area contributed by atoms with E-state index in [9.17, 15) is 35.5 Å². The van der Waals surface area contributed by atoms with Crippen molar-refractivity contribution in [3.05, 3.63) is 77.4 Å². The third-order valence-electron chi connectivity index (χ3n) is 7.71. The molecular formula is C32H30F7N5O3. The first-order valence-electron chi connectivity index (χ1n) is 14.4. The zero-order valence-electron chi connectivity index (χ0n) is 25.3. The Bertz CT molecular complexity index is 1740. The SMILES string of the molecule is COc1cc2cc(-c3ccc(CC(=O)Nc4cc(C(F)(F)F)c(CN5CCN(CC(F)(F)F)CC5)cc4F)cn3)cnc2cc1OC. The number of alkyl halides is 6. The van der Waals surface area contributed by atoms with Crippen LogP contribution >= 0.6 is 0 Å². The second-order valence-electron chi connectivity index (χ2n) is 11.1. The third kappa shape index (κ3) is 8.46. The van der Waals surface area contributed by atoms with E-state index in [-0.39, 0.29) is 44.7 Å². The molecule has 1 N–H and O–H groups in total. The van der Waals surface area contributed by atoms with Crippen LogP contribution in [0, 0.1) is 5.82 Å². The van der Waals surface area contributed by atoms with E-state index in [0.29, 0.717) is 46.0 Å². The molecule has 4 aromatic rings. The number of ether oxygens (including phenoxy) is 2. The molecule has 0 saturated carbocycles. The van der Waals surface area contributed by atoms with E-state index in [1.54, 1.807) is 30.5 Å². The zero-order valence-corrected chi connectivity index (χ0v) is 25.3. The number of carbonyl (C=O) groups is 1. The van der Waals surface area contributed by atoms with Gasteiger partial charge in [-0.1, -0.05) is 6.07 Å². The van der Waals surface area contributed by atoms with Gasteiger partial charge in [0.05, 0.1) is 49.6 Å². The summed E-state index contributed by atoms with van der Waals surface area (Å²) in [5.41, 5.74) is 0.193. The Morgan fingerprint density at radius 1 is 0.872 bits per heavy atom. The van der Waals surface area contributed by atoms with E-state index >= 15 is 0 Å². The van der Waals surface area contributed by atoms with Gasteiger partial charge in [0.1, 0.15) is 5.82 Å². The molecule has 47 heavy (non-hydrogen) atoms. The molecule has 1 fully saturated rings. The van der Waals surface area contributed by atoms with Gasteiger partial charge in [-0.05, 0) is 41.5 Å². The lowest BCUT2D eigenvalue weighted by Crippen LogP contribution is -2.48. The topological polar surface area (TPSA) is 79.8 Å². The summed E-state index contributed by atoms with van der Waals surface area (Å²) in [7, 11) is 3.05. The number of benzene rings is 2. The molecule has 3 heterocycles. The number of carbonyl (C=O) groups excluding carboxylic acids is 1. The average Bonchev–Trinajstić information content (AvgIpc) is 3.01. The number of pyridine rings is 2. The summed E-state index contributed by atoms with van der Waals surface area (Å²) < 4.78 is 106. The largest absolute Gasteiger partial charge is 0.493 e. The van der Waals surface area contributed by atoms with E-state index in [0.717, 1.165) is 5.39 Å². The first kappa shape index (κ1) is 33.9. The summed E-state index contributed by atoms with van der Waals surface area (Å²) in [6.07, 6.45) is -6.47. The molecule has 2 aromatic heterocycles. The van der Waals surface area contributed by atoms with Crippen LogP contribution in [-0.4, -0.2) is 78.8 Å². The van der Waals surface area contributed by atoms with Gasteiger partial charge in [-0.15, -0.1) is 0 Å². The molecule has 250 valence electrons. The van der Waals surface area contributed by atoms with E-state index in [1.165, 1.54) is 30.2 Å². The predicted molar refractivity (Wildman–Crippen MR) is 160 cm³/mol. The first-order chi connectivity index (χ1) is 22.2. The molecule has 1 aliphatic heterocycles. The number of amides is 1. The van der Waals surface area contributed by atoms with E-state index in [4.69, 9.17) is 9.47 Å². The second kappa shape index (κ2) is 13.7. The minimum absolute atomic E-state index is 0.0112. The van der Waals surface area contributed by atoms with Crippen molar-refractivity contribution in [1.29, 1.82) is 0 Å². The van der Waals surface area contributed by atoms with Crippen LogP contribution in [0.5, 0.6) is 11.5 Å². The molecule has 8 nitrogen and oxygen atoms in total. The maximum absolute atomic E-state index is 15.0. The van der Waals surface area contributed by atoms with Gasteiger partial charge in [0.2, 0.25) is 5.91 Å². The fourth-order valence-electron chi connectivity index (χ4n) is 5.38. The molecule has 0 unspecified atom stereocenters. The number of methoxy groups -OCH3 is 2. The van der Waals surface area contributed by atoms with Gasteiger partial charge in [0, 0.05) is 62.1 Å². The highest BCUT2D eigenvalue weighted by Gasteiger charge is 2.36. The van der Waals surface area contributed by atoms with E-state index in [2.05, 4.69) is 15.3 Å². The molecule has 0 spiro atoms. The number of nitrogens with zero attached hydrogens (tertiary/aromatic N) is 4. The molecule has 0 radical (unpaired) electrons. The minimum Gasteiger partial charge on any atom is -0.493 e. The number of hydrogen-bond acceptors (Lipinski definition) is 7. The van der Waals surface area contributed by atoms with Crippen LogP contribution in [-0.2, 0) is 23.9 Å². The Morgan fingerprint density at radius 2 is 1.55 bits per heavy atom. The fraction of sp³-hybridized carbons (Fsp3) is 0.344. The van der Waals surface area contributed by atoms with Crippen LogP contribution in [0.1, 0.15) is 16.7 Å². The van der Waals surface area contributed by atoms with Gasteiger partial charge < -0.3 is 14.8 Å². The van der Waals surface area contributed by atoms with E-state index in [1.807, 2.05) is 6.07 Å². The molecule has 0 bridgehead atoms. The lowest BCUT2D eigenvalue weighted by atomic mass is 10.0. The first-order valence-corrected chi connectivity index (χ1v) is 14.4. The van der Waals surface area contributed by atoms with Crippen molar-refractivity contribution < 1.29 is 45.0 Å². The smallest absolute Gasteiger partial charge is 0.416 e. The Kier molecular flexibility index (Phi) is 9.86. The summed E-state index contributed by atoms with van der Waals surface area (Å²) in [5, 5.41) is 2.99.